The van der Waals surface area contributed by atoms with Crippen molar-refractivity contribution in [3.63, 3.8) is 0 Å². The van der Waals surface area contributed by atoms with Crippen LogP contribution in [0.5, 0.6) is 0 Å². The first-order chi connectivity index (χ1) is 15.8. The summed E-state index contributed by atoms with van der Waals surface area (Å²) < 4.78 is 0. The van der Waals surface area contributed by atoms with Gasteiger partial charge < -0.3 is 21.3 Å². The fourth-order valence-electron chi connectivity index (χ4n) is 4.05. The number of benzene rings is 2. The van der Waals surface area contributed by atoms with Crippen molar-refractivity contribution < 1.29 is 14.4 Å². The number of hydrogen-bond acceptors (Lipinski definition) is 4. The molecule has 1 atom stereocenters. The van der Waals surface area contributed by atoms with Gasteiger partial charge >= 0.3 is 6.03 Å². The Morgan fingerprint density at radius 2 is 1.82 bits per heavy atom. The minimum Gasteiger partial charge on any atom is -0.370 e. The van der Waals surface area contributed by atoms with Gasteiger partial charge in [-0.05, 0) is 68.0 Å². The predicted molar refractivity (Wildman–Crippen MR) is 126 cm³/mol. The fourth-order valence-corrected chi connectivity index (χ4v) is 4.05. The van der Waals surface area contributed by atoms with E-state index >= 15 is 0 Å². The Morgan fingerprint density at radius 3 is 2.42 bits per heavy atom. The Balaban J connectivity index is 1.60. The molecule has 0 aliphatic carbocycles. The molecule has 3 rings (SSSR count). The number of amides is 4. The number of primary amides is 1. The number of urea groups is 1. The summed E-state index contributed by atoms with van der Waals surface area (Å²) in [5, 5.41) is 14.4. The number of nitrogens with one attached hydrogen (secondary N) is 2. The van der Waals surface area contributed by atoms with Crippen LogP contribution in [0.1, 0.15) is 59.2 Å². The molecular weight excluding hydrogens is 418 g/mol. The maximum Gasteiger partial charge on any atom is 0.319 e. The minimum atomic E-state index is -0.491. The molecule has 0 aromatic heterocycles. The Hall–Kier alpha value is -3.86. The van der Waals surface area contributed by atoms with Gasteiger partial charge in [-0.1, -0.05) is 18.2 Å². The van der Waals surface area contributed by atoms with Crippen LogP contribution in [-0.4, -0.2) is 41.9 Å². The monoisotopic (exact) mass is 447 g/mol. The Labute approximate surface area is 193 Å². The zero-order valence-corrected chi connectivity index (χ0v) is 18.9. The summed E-state index contributed by atoms with van der Waals surface area (Å²) >= 11 is 0. The topological polar surface area (TPSA) is 128 Å². The van der Waals surface area contributed by atoms with Crippen molar-refractivity contribution in [2.75, 3.05) is 18.4 Å². The highest BCUT2D eigenvalue weighted by atomic mass is 16.2. The summed E-state index contributed by atoms with van der Waals surface area (Å²) in [6.45, 7) is 4.83. The van der Waals surface area contributed by atoms with Gasteiger partial charge in [0.25, 0.3) is 5.91 Å². The number of nitriles is 1. The number of nitrogens with zero attached hydrogens (tertiary/aromatic N) is 2. The predicted octanol–water partition coefficient (Wildman–Crippen LogP) is 3.27. The van der Waals surface area contributed by atoms with Gasteiger partial charge in [-0.15, -0.1) is 0 Å². The molecule has 1 fully saturated rings. The number of hydrogen-bond donors (Lipinski definition) is 3. The van der Waals surface area contributed by atoms with Crippen LogP contribution in [0.25, 0.3) is 0 Å². The van der Waals surface area contributed by atoms with Crippen LogP contribution in [0.2, 0.25) is 0 Å². The molecule has 4 amide bonds. The van der Waals surface area contributed by atoms with Gasteiger partial charge in [0.05, 0.1) is 11.6 Å². The summed E-state index contributed by atoms with van der Waals surface area (Å²) in [4.78, 5) is 38.2. The molecule has 1 heterocycles. The number of rotatable bonds is 6. The lowest BCUT2D eigenvalue weighted by molar-refractivity contribution is -0.118. The van der Waals surface area contributed by atoms with Crippen molar-refractivity contribution in [1.82, 2.24) is 10.2 Å². The molecule has 1 saturated heterocycles. The molecule has 4 N–H and O–H groups in total. The third-order valence-electron chi connectivity index (χ3n) is 5.91. The summed E-state index contributed by atoms with van der Waals surface area (Å²) in [5.74, 6) is -0.198. The molecule has 0 radical (unpaired) electrons. The molecule has 1 aliphatic heterocycles. The number of likely N-dealkylation sites (tertiary alicyclic amines) is 1. The normalized spacial score (nSPS) is 14.8. The van der Waals surface area contributed by atoms with Crippen molar-refractivity contribution in [3.8, 4) is 6.07 Å². The van der Waals surface area contributed by atoms with Crippen molar-refractivity contribution in [2.24, 2.45) is 5.73 Å². The van der Waals surface area contributed by atoms with E-state index in [9.17, 15) is 14.4 Å². The molecular formula is C25H29N5O3. The molecule has 2 aromatic rings. The summed E-state index contributed by atoms with van der Waals surface area (Å²) in [7, 11) is 0. The first-order valence-electron chi connectivity index (χ1n) is 11.0. The molecule has 0 saturated carbocycles. The summed E-state index contributed by atoms with van der Waals surface area (Å²) in [5.41, 5.74) is 8.87. The average molecular weight is 448 g/mol. The highest BCUT2D eigenvalue weighted by molar-refractivity contribution is 5.97. The highest BCUT2D eigenvalue weighted by Gasteiger charge is 2.25. The number of aryl methyl sites for hydroxylation is 1. The van der Waals surface area contributed by atoms with E-state index in [0.717, 1.165) is 18.4 Å². The minimum absolute atomic E-state index is 0.0450. The molecule has 0 spiro atoms. The van der Waals surface area contributed by atoms with Gasteiger partial charge in [0, 0.05) is 36.8 Å². The molecule has 1 unspecified atom stereocenters. The molecule has 172 valence electrons. The maximum absolute atomic E-state index is 13.1. The average Bonchev–Trinajstić information content (AvgIpc) is 2.79. The number of carbonyl (C=O) groups excluding carboxylic acids is 3. The summed E-state index contributed by atoms with van der Waals surface area (Å²) in [6.07, 6.45) is 1.76. The van der Waals surface area contributed by atoms with E-state index in [2.05, 4.69) is 16.7 Å². The van der Waals surface area contributed by atoms with Gasteiger partial charge in [0.2, 0.25) is 5.91 Å². The number of anilines is 1. The van der Waals surface area contributed by atoms with Gasteiger partial charge in [-0.3, -0.25) is 9.59 Å². The van der Waals surface area contributed by atoms with E-state index < -0.39 is 18.0 Å². The van der Waals surface area contributed by atoms with Crippen molar-refractivity contribution in [3.05, 3.63) is 64.7 Å². The largest absolute Gasteiger partial charge is 0.370 e. The molecule has 8 heteroatoms. The molecule has 33 heavy (non-hydrogen) atoms. The van der Waals surface area contributed by atoms with Crippen molar-refractivity contribution in [1.29, 1.82) is 5.26 Å². The van der Waals surface area contributed by atoms with Crippen molar-refractivity contribution in [2.45, 2.75) is 45.1 Å². The lowest BCUT2D eigenvalue weighted by Crippen LogP contribution is -2.39. The first-order valence-corrected chi connectivity index (χ1v) is 11.0. The Bertz CT molecular complexity index is 1070. The standard InChI is InChI=1S/C25H29N5O3/c1-16-3-6-21(14-22(16)29-25(33)28-17(2)13-23(27)31)24(32)30-11-9-20(10-12-30)19-7-4-18(15-26)5-8-19/h3-8,14,17,20H,9-13H2,1-2H3,(H2,27,31)(H2,28,29,33). The zero-order chi connectivity index (χ0) is 24.0. The lowest BCUT2D eigenvalue weighted by Gasteiger charge is -2.32. The number of piperidine rings is 1. The lowest BCUT2D eigenvalue weighted by atomic mass is 9.89. The van der Waals surface area contributed by atoms with E-state index in [0.29, 0.717) is 35.8 Å². The van der Waals surface area contributed by atoms with Crippen LogP contribution in [0, 0.1) is 18.3 Å². The van der Waals surface area contributed by atoms with E-state index in [1.54, 1.807) is 25.1 Å². The second-order valence-electron chi connectivity index (χ2n) is 8.50. The van der Waals surface area contributed by atoms with Crippen LogP contribution in [0.3, 0.4) is 0 Å². The molecule has 8 nitrogen and oxygen atoms in total. The van der Waals surface area contributed by atoms with E-state index in [4.69, 9.17) is 11.0 Å². The van der Waals surface area contributed by atoms with Gasteiger partial charge in [-0.2, -0.15) is 5.26 Å². The highest BCUT2D eigenvalue weighted by Crippen LogP contribution is 2.29. The zero-order valence-electron chi connectivity index (χ0n) is 18.9. The maximum atomic E-state index is 13.1. The third kappa shape index (κ3) is 6.32. The summed E-state index contributed by atoms with van der Waals surface area (Å²) in [6, 6.07) is 14.2. The van der Waals surface area contributed by atoms with Gasteiger partial charge in [0.1, 0.15) is 0 Å². The molecule has 1 aliphatic rings. The van der Waals surface area contributed by atoms with Gasteiger partial charge in [-0.25, -0.2) is 4.79 Å². The van der Waals surface area contributed by atoms with Gasteiger partial charge in [0.15, 0.2) is 0 Å². The van der Waals surface area contributed by atoms with Crippen LogP contribution in [0.15, 0.2) is 42.5 Å². The third-order valence-corrected chi connectivity index (χ3v) is 5.91. The number of nitrogens with two attached hydrogens (primary N) is 1. The van der Waals surface area contributed by atoms with Crippen molar-refractivity contribution >= 4 is 23.5 Å². The molecule has 2 aromatic carbocycles. The Kier molecular flexibility index (Phi) is 7.67. The number of carbonyl (C=O) groups is 3. The van der Waals surface area contributed by atoms with Crippen LogP contribution < -0.4 is 16.4 Å². The van der Waals surface area contributed by atoms with Crippen LogP contribution >= 0.6 is 0 Å². The second kappa shape index (κ2) is 10.6. The molecule has 0 bridgehead atoms. The van der Waals surface area contributed by atoms with E-state index in [-0.39, 0.29) is 12.3 Å². The van der Waals surface area contributed by atoms with E-state index in [1.807, 2.05) is 36.1 Å². The fraction of sp³-hybridized carbons (Fsp3) is 0.360. The van der Waals surface area contributed by atoms with Crippen LogP contribution in [0.4, 0.5) is 10.5 Å². The van der Waals surface area contributed by atoms with Crippen LogP contribution in [-0.2, 0) is 4.79 Å². The second-order valence-corrected chi connectivity index (χ2v) is 8.50. The smallest absolute Gasteiger partial charge is 0.319 e. The quantitative estimate of drug-likeness (QED) is 0.628. The first kappa shape index (κ1) is 23.8. The Morgan fingerprint density at radius 1 is 1.15 bits per heavy atom. The van der Waals surface area contributed by atoms with E-state index in [1.165, 1.54) is 5.56 Å². The SMILES string of the molecule is Cc1ccc(C(=O)N2CCC(c3ccc(C#N)cc3)CC2)cc1NC(=O)NC(C)CC(N)=O.